The van der Waals surface area contributed by atoms with Crippen LogP contribution in [0.25, 0.3) is 5.69 Å². The van der Waals surface area contributed by atoms with Crippen LogP contribution >= 0.6 is 22.6 Å². The topological polar surface area (TPSA) is 38.1 Å². The molecule has 1 heterocycles. The van der Waals surface area contributed by atoms with Crippen LogP contribution in [0, 0.1) is 3.57 Å². The number of benzene rings is 2. The highest BCUT2D eigenvalue weighted by atomic mass is 127. The summed E-state index contributed by atoms with van der Waals surface area (Å²) in [4.78, 5) is 0. The Hall–Kier alpha value is -1.66. The lowest BCUT2D eigenvalue weighted by molar-refractivity contribution is 0.212. The minimum Gasteiger partial charge on any atom is -0.382 e. The normalized spacial score (nSPS) is 12.3. The molecule has 0 aliphatic carbocycles. The zero-order valence-corrected chi connectivity index (χ0v) is 12.8. The molecule has 2 aromatic carbocycles. The largest absolute Gasteiger partial charge is 0.382 e. The van der Waals surface area contributed by atoms with Crippen LogP contribution in [-0.4, -0.2) is 14.9 Å². The van der Waals surface area contributed by atoms with Gasteiger partial charge in [-0.15, -0.1) is 0 Å². The first-order valence-corrected chi connectivity index (χ1v) is 7.36. The van der Waals surface area contributed by atoms with Gasteiger partial charge in [0.25, 0.3) is 0 Å². The molecule has 0 radical (unpaired) electrons. The average molecular weight is 376 g/mol. The maximum Gasteiger partial charge on any atom is 0.121 e. The third-order valence-corrected chi connectivity index (χ3v) is 3.86. The van der Waals surface area contributed by atoms with Crippen molar-refractivity contribution in [2.24, 2.45) is 0 Å². The smallest absolute Gasteiger partial charge is 0.121 e. The van der Waals surface area contributed by atoms with E-state index in [4.69, 9.17) is 0 Å². The predicted octanol–water partition coefficient (Wildman–Crippen LogP) is 3.56. The van der Waals surface area contributed by atoms with Crippen molar-refractivity contribution in [1.82, 2.24) is 9.78 Å². The number of hydrogen-bond acceptors (Lipinski definition) is 2. The number of aliphatic hydroxyl groups excluding tert-OH is 1. The minimum atomic E-state index is -0.685. The van der Waals surface area contributed by atoms with E-state index in [1.54, 1.807) is 10.9 Å². The molecule has 3 aromatic rings. The molecule has 0 aliphatic rings. The summed E-state index contributed by atoms with van der Waals surface area (Å²) in [5.74, 6) is 0. The molecule has 0 bridgehead atoms. The molecule has 1 atom stereocenters. The second-order valence-corrected chi connectivity index (χ2v) is 5.70. The average Bonchev–Trinajstić information content (AvgIpc) is 2.97. The SMILES string of the molecule is OC(c1ccc(I)cc1)c1ccnn1-c1ccccc1. The summed E-state index contributed by atoms with van der Waals surface area (Å²) in [6, 6.07) is 19.5. The van der Waals surface area contributed by atoms with E-state index in [0.717, 1.165) is 20.5 Å². The molecule has 3 nitrogen and oxygen atoms in total. The second-order valence-electron chi connectivity index (χ2n) is 4.46. The third kappa shape index (κ3) is 2.62. The molecule has 0 saturated heterocycles. The molecule has 0 fully saturated rings. The summed E-state index contributed by atoms with van der Waals surface area (Å²) in [5.41, 5.74) is 2.57. The summed E-state index contributed by atoms with van der Waals surface area (Å²) >= 11 is 2.25. The Labute approximate surface area is 131 Å². The molecule has 0 aliphatic heterocycles. The van der Waals surface area contributed by atoms with Crippen molar-refractivity contribution in [2.75, 3.05) is 0 Å². The first-order chi connectivity index (χ1) is 9.75. The quantitative estimate of drug-likeness (QED) is 0.710. The molecule has 3 rings (SSSR count). The van der Waals surface area contributed by atoms with E-state index in [2.05, 4.69) is 27.7 Å². The van der Waals surface area contributed by atoms with Gasteiger partial charge in [-0.25, -0.2) is 4.68 Å². The van der Waals surface area contributed by atoms with Gasteiger partial charge in [-0.2, -0.15) is 5.10 Å². The van der Waals surface area contributed by atoms with Crippen molar-refractivity contribution >= 4 is 22.6 Å². The van der Waals surface area contributed by atoms with Gasteiger partial charge in [-0.3, -0.25) is 0 Å². The van der Waals surface area contributed by atoms with Gasteiger partial charge in [-0.05, 0) is 58.5 Å². The van der Waals surface area contributed by atoms with Crippen molar-refractivity contribution < 1.29 is 5.11 Å². The Kier molecular flexibility index (Phi) is 3.84. The highest BCUT2D eigenvalue weighted by Crippen LogP contribution is 2.24. The number of aliphatic hydroxyl groups is 1. The monoisotopic (exact) mass is 376 g/mol. The molecule has 0 amide bonds. The fourth-order valence-corrected chi connectivity index (χ4v) is 2.48. The van der Waals surface area contributed by atoms with E-state index < -0.39 is 6.10 Å². The van der Waals surface area contributed by atoms with Gasteiger partial charge in [0.2, 0.25) is 0 Å². The van der Waals surface area contributed by atoms with Crippen LogP contribution in [0.5, 0.6) is 0 Å². The fourth-order valence-electron chi connectivity index (χ4n) is 2.12. The van der Waals surface area contributed by atoms with E-state index >= 15 is 0 Å². The van der Waals surface area contributed by atoms with Crippen LogP contribution in [0.2, 0.25) is 0 Å². The lowest BCUT2D eigenvalue weighted by atomic mass is 10.1. The number of nitrogens with zero attached hydrogens (tertiary/aromatic N) is 2. The van der Waals surface area contributed by atoms with Crippen molar-refractivity contribution in [3.63, 3.8) is 0 Å². The number of rotatable bonds is 3. The number of aromatic nitrogens is 2. The summed E-state index contributed by atoms with van der Waals surface area (Å²) < 4.78 is 2.91. The van der Waals surface area contributed by atoms with Crippen molar-refractivity contribution in [2.45, 2.75) is 6.10 Å². The van der Waals surface area contributed by atoms with Crippen LogP contribution < -0.4 is 0 Å². The predicted molar refractivity (Wildman–Crippen MR) is 86.8 cm³/mol. The standard InChI is InChI=1S/C16H13IN2O/c17-13-8-6-12(7-9-13)16(20)15-10-11-18-19(15)14-4-2-1-3-5-14/h1-11,16,20H. The summed E-state index contributed by atoms with van der Waals surface area (Å²) in [7, 11) is 0. The van der Waals surface area contributed by atoms with Crippen LogP contribution in [0.3, 0.4) is 0 Å². The van der Waals surface area contributed by atoms with Crippen molar-refractivity contribution in [3.8, 4) is 5.69 Å². The zero-order chi connectivity index (χ0) is 13.9. The van der Waals surface area contributed by atoms with Crippen LogP contribution in [0.15, 0.2) is 66.9 Å². The number of halogens is 1. The molecular weight excluding hydrogens is 363 g/mol. The van der Waals surface area contributed by atoms with E-state index in [1.807, 2.05) is 60.7 Å². The van der Waals surface area contributed by atoms with Gasteiger partial charge < -0.3 is 5.11 Å². The van der Waals surface area contributed by atoms with Crippen LogP contribution in [-0.2, 0) is 0 Å². The third-order valence-electron chi connectivity index (χ3n) is 3.14. The molecule has 0 spiro atoms. The molecule has 100 valence electrons. The van der Waals surface area contributed by atoms with Gasteiger partial charge in [0.15, 0.2) is 0 Å². The molecule has 1 N–H and O–H groups in total. The van der Waals surface area contributed by atoms with Gasteiger partial charge in [0.05, 0.1) is 11.4 Å². The van der Waals surface area contributed by atoms with Crippen molar-refractivity contribution in [1.29, 1.82) is 0 Å². The molecule has 20 heavy (non-hydrogen) atoms. The number of hydrogen-bond donors (Lipinski definition) is 1. The van der Waals surface area contributed by atoms with Gasteiger partial charge in [0.1, 0.15) is 6.10 Å². The Bertz CT molecular complexity index is 692. The van der Waals surface area contributed by atoms with Crippen molar-refractivity contribution in [3.05, 3.63) is 81.7 Å². The van der Waals surface area contributed by atoms with E-state index in [-0.39, 0.29) is 0 Å². The maximum atomic E-state index is 10.6. The Balaban J connectivity index is 1.99. The zero-order valence-electron chi connectivity index (χ0n) is 10.6. The van der Waals surface area contributed by atoms with Gasteiger partial charge in [-0.1, -0.05) is 30.3 Å². The lowest BCUT2D eigenvalue weighted by Crippen LogP contribution is -2.08. The van der Waals surface area contributed by atoms with E-state index in [0.29, 0.717) is 0 Å². The van der Waals surface area contributed by atoms with Crippen LogP contribution in [0.4, 0.5) is 0 Å². The minimum absolute atomic E-state index is 0.685. The van der Waals surface area contributed by atoms with Gasteiger partial charge in [0, 0.05) is 9.77 Å². The fraction of sp³-hybridized carbons (Fsp3) is 0.0625. The maximum absolute atomic E-state index is 10.6. The summed E-state index contributed by atoms with van der Waals surface area (Å²) in [6.45, 7) is 0. The first kappa shape index (κ1) is 13.3. The Morgan fingerprint density at radius 1 is 0.950 bits per heavy atom. The second kappa shape index (κ2) is 5.76. The molecule has 1 unspecified atom stereocenters. The van der Waals surface area contributed by atoms with E-state index in [9.17, 15) is 5.11 Å². The highest BCUT2D eigenvalue weighted by Gasteiger charge is 2.16. The molecular formula is C16H13IN2O. The van der Waals surface area contributed by atoms with Gasteiger partial charge >= 0.3 is 0 Å². The number of para-hydroxylation sites is 1. The Morgan fingerprint density at radius 3 is 2.35 bits per heavy atom. The lowest BCUT2D eigenvalue weighted by Gasteiger charge is -2.14. The first-order valence-electron chi connectivity index (χ1n) is 6.28. The summed E-state index contributed by atoms with van der Waals surface area (Å²) in [5, 5.41) is 14.9. The summed E-state index contributed by atoms with van der Waals surface area (Å²) in [6.07, 6.45) is 1.02. The highest BCUT2D eigenvalue weighted by molar-refractivity contribution is 14.1. The molecule has 1 aromatic heterocycles. The van der Waals surface area contributed by atoms with Crippen LogP contribution in [0.1, 0.15) is 17.4 Å². The molecule has 4 heteroatoms. The van der Waals surface area contributed by atoms with E-state index in [1.165, 1.54) is 0 Å². The Morgan fingerprint density at radius 2 is 1.65 bits per heavy atom. The molecule has 0 saturated carbocycles.